The van der Waals surface area contributed by atoms with E-state index in [1.807, 2.05) is 0 Å². The van der Waals surface area contributed by atoms with Gasteiger partial charge < -0.3 is 15.6 Å². The predicted molar refractivity (Wildman–Crippen MR) is 68.5 cm³/mol. The zero-order chi connectivity index (χ0) is 13.8. The largest absolute Gasteiger partial charge is 0.481 e. The van der Waals surface area contributed by atoms with Crippen LogP contribution in [-0.2, 0) is 4.79 Å². The van der Waals surface area contributed by atoms with Crippen LogP contribution in [0, 0.1) is 0 Å². The van der Waals surface area contributed by atoms with Crippen LogP contribution < -0.4 is 10.5 Å². The van der Waals surface area contributed by atoms with Gasteiger partial charge in [-0.3, -0.25) is 9.36 Å². The Balaban J connectivity index is 2.31. The van der Waals surface area contributed by atoms with Gasteiger partial charge in [-0.1, -0.05) is 11.8 Å². The Morgan fingerprint density at radius 2 is 2.32 bits per heavy atom. The average molecular weight is 281 g/mol. The van der Waals surface area contributed by atoms with E-state index in [1.165, 1.54) is 11.7 Å². The highest BCUT2D eigenvalue weighted by Gasteiger charge is 2.13. The number of carbonyl (C=O) groups is 1. The van der Waals surface area contributed by atoms with Gasteiger partial charge in [0, 0.05) is 6.07 Å². The Morgan fingerprint density at radius 1 is 1.53 bits per heavy atom. The highest BCUT2D eigenvalue weighted by Crippen LogP contribution is 2.23. The molecule has 0 saturated carbocycles. The van der Waals surface area contributed by atoms with Crippen molar-refractivity contribution in [2.45, 2.75) is 5.16 Å². The minimum absolute atomic E-state index is 0.123. The van der Waals surface area contributed by atoms with Crippen LogP contribution in [-0.4, -0.2) is 43.7 Å². The number of rotatable bonds is 5. The fraction of sp³-hybridized carbons (Fsp3) is 0.200. The van der Waals surface area contributed by atoms with Gasteiger partial charge in [0.2, 0.25) is 11.8 Å². The van der Waals surface area contributed by atoms with Crippen LogP contribution in [0.2, 0.25) is 0 Å². The lowest BCUT2D eigenvalue weighted by Crippen LogP contribution is -2.05. The Labute approximate surface area is 112 Å². The number of carboxylic acid groups (broad SMARTS) is 1. The monoisotopic (exact) mass is 281 g/mol. The second kappa shape index (κ2) is 5.57. The molecule has 0 fully saturated rings. The highest BCUT2D eigenvalue weighted by molar-refractivity contribution is 7.99. The molecule has 9 heteroatoms. The molecule has 3 N–H and O–H groups in total. The topological polar surface area (TPSA) is 116 Å². The second-order valence-electron chi connectivity index (χ2n) is 3.42. The van der Waals surface area contributed by atoms with Crippen LogP contribution in [0.1, 0.15) is 0 Å². The van der Waals surface area contributed by atoms with Gasteiger partial charge in [-0.05, 0) is 6.07 Å². The van der Waals surface area contributed by atoms with Crippen LogP contribution >= 0.6 is 11.8 Å². The Hall–Kier alpha value is -2.29. The summed E-state index contributed by atoms with van der Waals surface area (Å²) in [7, 11) is 1.52. The van der Waals surface area contributed by atoms with E-state index in [2.05, 4.69) is 15.2 Å². The zero-order valence-electron chi connectivity index (χ0n) is 9.98. The van der Waals surface area contributed by atoms with Crippen molar-refractivity contribution in [3.8, 4) is 11.6 Å². The molecule has 2 heterocycles. The Morgan fingerprint density at radius 3 is 2.89 bits per heavy atom. The van der Waals surface area contributed by atoms with Crippen molar-refractivity contribution in [1.29, 1.82) is 0 Å². The fourth-order valence-electron chi connectivity index (χ4n) is 1.37. The van der Waals surface area contributed by atoms with Crippen molar-refractivity contribution >= 4 is 23.7 Å². The maximum atomic E-state index is 10.6. The summed E-state index contributed by atoms with van der Waals surface area (Å²) in [5.41, 5.74) is 6.36. The molecule has 8 nitrogen and oxygen atoms in total. The SMILES string of the molecule is COc1ccc(-n2c(N)nnc2SCC(=O)O)cn1. The van der Waals surface area contributed by atoms with Crippen LogP contribution in [0.25, 0.3) is 5.69 Å². The first-order chi connectivity index (χ1) is 9.11. The molecule has 0 atom stereocenters. The molecule has 0 spiro atoms. The molecule has 0 amide bonds. The third kappa shape index (κ3) is 2.94. The summed E-state index contributed by atoms with van der Waals surface area (Å²) >= 11 is 1.03. The first-order valence-corrected chi connectivity index (χ1v) is 6.16. The summed E-state index contributed by atoms with van der Waals surface area (Å²) in [6, 6.07) is 3.40. The molecular weight excluding hydrogens is 270 g/mol. The van der Waals surface area contributed by atoms with E-state index in [0.29, 0.717) is 16.7 Å². The molecule has 0 aromatic carbocycles. The molecule has 100 valence electrons. The maximum Gasteiger partial charge on any atom is 0.313 e. The number of methoxy groups -OCH3 is 1. The van der Waals surface area contributed by atoms with E-state index in [9.17, 15) is 4.79 Å². The lowest BCUT2D eigenvalue weighted by molar-refractivity contribution is -0.133. The number of pyridine rings is 1. The Kier molecular flexibility index (Phi) is 3.85. The smallest absolute Gasteiger partial charge is 0.313 e. The third-order valence-electron chi connectivity index (χ3n) is 2.17. The first-order valence-electron chi connectivity index (χ1n) is 5.17. The standard InChI is InChI=1S/C10H11N5O3S/c1-18-7-3-2-6(4-12-7)15-9(11)13-14-10(15)19-5-8(16)17/h2-4H,5H2,1H3,(H2,11,13)(H,16,17). The quantitative estimate of drug-likeness (QED) is 0.758. The zero-order valence-corrected chi connectivity index (χ0v) is 10.8. The fourth-order valence-corrected chi connectivity index (χ4v) is 2.05. The van der Waals surface area contributed by atoms with Crippen LogP contribution in [0.15, 0.2) is 23.5 Å². The number of carboxylic acids is 1. The molecule has 2 aromatic rings. The van der Waals surface area contributed by atoms with E-state index in [0.717, 1.165) is 11.8 Å². The summed E-state index contributed by atoms with van der Waals surface area (Å²) in [4.78, 5) is 14.6. The van der Waals surface area contributed by atoms with Gasteiger partial charge in [0.05, 0.1) is 24.7 Å². The molecule has 0 aliphatic heterocycles. The van der Waals surface area contributed by atoms with E-state index in [4.69, 9.17) is 15.6 Å². The van der Waals surface area contributed by atoms with Crippen LogP contribution in [0.3, 0.4) is 0 Å². The minimum Gasteiger partial charge on any atom is -0.481 e. The van der Waals surface area contributed by atoms with Gasteiger partial charge >= 0.3 is 5.97 Å². The molecule has 0 aliphatic carbocycles. The molecular formula is C10H11N5O3S. The number of nitrogens with zero attached hydrogens (tertiary/aromatic N) is 4. The molecule has 2 rings (SSSR count). The Bertz CT molecular complexity index is 583. The van der Waals surface area contributed by atoms with Gasteiger partial charge in [-0.15, -0.1) is 10.2 Å². The summed E-state index contributed by atoms with van der Waals surface area (Å²) in [5, 5.41) is 16.6. The van der Waals surface area contributed by atoms with E-state index in [-0.39, 0.29) is 11.7 Å². The highest BCUT2D eigenvalue weighted by atomic mass is 32.2. The summed E-state index contributed by atoms with van der Waals surface area (Å²) in [6.07, 6.45) is 1.55. The molecule has 0 bridgehead atoms. The normalized spacial score (nSPS) is 10.4. The number of nitrogens with two attached hydrogens (primary N) is 1. The lowest BCUT2D eigenvalue weighted by Gasteiger charge is -2.07. The summed E-state index contributed by atoms with van der Waals surface area (Å²) in [6.45, 7) is 0. The lowest BCUT2D eigenvalue weighted by atomic mass is 10.4. The average Bonchev–Trinajstić information content (AvgIpc) is 2.78. The minimum atomic E-state index is -0.939. The van der Waals surface area contributed by atoms with Crippen LogP contribution in [0.4, 0.5) is 5.95 Å². The number of anilines is 1. The van der Waals surface area contributed by atoms with Crippen molar-refractivity contribution in [3.63, 3.8) is 0 Å². The van der Waals surface area contributed by atoms with Gasteiger partial charge in [0.1, 0.15) is 0 Å². The second-order valence-corrected chi connectivity index (χ2v) is 4.36. The molecule has 0 saturated heterocycles. The van der Waals surface area contributed by atoms with Crippen molar-refractivity contribution in [2.75, 3.05) is 18.6 Å². The number of ether oxygens (including phenoxy) is 1. The van der Waals surface area contributed by atoms with Crippen LogP contribution in [0.5, 0.6) is 5.88 Å². The van der Waals surface area contributed by atoms with Gasteiger partial charge in [0.25, 0.3) is 0 Å². The van der Waals surface area contributed by atoms with Gasteiger partial charge in [0.15, 0.2) is 5.16 Å². The molecule has 0 radical (unpaired) electrons. The van der Waals surface area contributed by atoms with Crippen molar-refractivity contribution in [3.05, 3.63) is 18.3 Å². The van der Waals surface area contributed by atoms with Crippen molar-refractivity contribution in [2.24, 2.45) is 0 Å². The van der Waals surface area contributed by atoms with Crippen molar-refractivity contribution < 1.29 is 14.6 Å². The summed E-state index contributed by atoms with van der Waals surface area (Å²) < 4.78 is 6.49. The van der Waals surface area contributed by atoms with E-state index < -0.39 is 5.97 Å². The van der Waals surface area contributed by atoms with Gasteiger partial charge in [-0.25, -0.2) is 4.98 Å². The third-order valence-corrected chi connectivity index (χ3v) is 3.08. The first kappa shape index (κ1) is 13.1. The number of aliphatic carboxylic acids is 1. The summed E-state index contributed by atoms with van der Waals surface area (Å²) in [5.74, 6) is -0.428. The van der Waals surface area contributed by atoms with E-state index >= 15 is 0 Å². The maximum absolute atomic E-state index is 10.6. The molecule has 19 heavy (non-hydrogen) atoms. The molecule has 2 aromatic heterocycles. The number of aromatic nitrogens is 4. The number of nitrogen functional groups attached to an aromatic ring is 1. The van der Waals surface area contributed by atoms with Crippen molar-refractivity contribution in [1.82, 2.24) is 19.7 Å². The molecule has 0 aliphatic rings. The predicted octanol–water partition coefficient (Wildman–Crippen LogP) is 0.430. The number of hydrogen-bond donors (Lipinski definition) is 2. The van der Waals surface area contributed by atoms with Gasteiger partial charge in [-0.2, -0.15) is 0 Å². The van der Waals surface area contributed by atoms with E-state index in [1.54, 1.807) is 18.3 Å². The number of hydrogen-bond acceptors (Lipinski definition) is 7. The number of thioether (sulfide) groups is 1. The molecule has 0 unspecified atom stereocenters.